The monoisotopic (exact) mass is 407 g/mol. The number of nitrogens with zero attached hydrogens (tertiary/aromatic N) is 3. The normalized spacial score (nSPS) is 20.1. The summed E-state index contributed by atoms with van der Waals surface area (Å²) in [5.74, 6) is -2.28. The largest absolute Gasteiger partial charge is 0.487 e. The van der Waals surface area contributed by atoms with Crippen molar-refractivity contribution >= 4 is 17.2 Å². The molecular formula is C20H23F2N3O2S. The van der Waals surface area contributed by atoms with Crippen molar-refractivity contribution < 1.29 is 18.3 Å². The number of benzene rings is 1. The minimum absolute atomic E-state index is 0.0185. The molecule has 5 nitrogen and oxygen atoms in total. The number of amides is 1. The zero-order valence-corrected chi connectivity index (χ0v) is 16.4. The van der Waals surface area contributed by atoms with Crippen molar-refractivity contribution in [3.8, 4) is 5.75 Å². The molecule has 0 aliphatic carbocycles. The first-order valence-electron chi connectivity index (χ1n) is 9.64. The Morgan fingerprint density at radius 2 is 1.93 bits per heavy atom. The summed E-state index contributed by atoms with van der Waals surface area (Å²) in [6.45, 7) is 3.51. The molecule has 8 heteroatoms. The molecule has 1 aromatic carbocycles. The summed E-state index contributed by atoms with van der Waals surface area (Å²) in [5.41, 5.74) is 1.86. The second-order valence-electron chi connectivity index (χ2n) is 7.33. The molecule has 1 amide bonds. The number of carbonyl (C=O) groups is 1. The summed E-state index contributed by atoms with van der Waals surface area (Å²) in [7, 11) is 0. The smallest absolute Gasteiger partial charge is 0.260 e. The van der Waals surface area contributed by atoms with E-state index < -0.39 is 23.1 Å². The van der Waals surface area contributed by atoms with Crippen LogP contribution in [0, 0.1) is 11.6 Å². The van der Waals surface area contributed by atoms with Gasteiger partial charge in [-0.2, -0.15) is 0 Å². The van der Waals surface area contributed by atoms with Crippen molar-refractivity contribution in [1.29, 1.82) is 0 Å². The Morgan fingerprint density at radius 1 is 1.18 bits per heavy atom. The minimum atomic E-state index is -0.884. The number of rotatable bonds is 6. The molecule has 2 aromatic rings. The Morgan fingerprint density at radius 3 is 2.61 bits per heavy atom. The van der Waals surface area contributed by atoms with E-state index in [1.807, 2.05) is 0 Å². The predicted octanol–water partition coefficient (Wildman–Crippen LogP) is 3.70. The number of likely N-dealkylation sites (tertiary alicyclic amines) is 2. The number of thiazole rings is 1. The van der Waals surface area contributed by atoms with Crippen molar-refractivity contribution in [1.82, 2.24) is 14.8 Å². The Kier molecular flexibility index (Phi) is 5.87. The lowest BCUT2D eigenvalue weighted by molar-refractivity contribution is 0.0698. The van der Waals surface area contributed by atoms with Crippen LogP contribution in [0.5, 0.6) is 5.75 Å². The van der Waals surface area contributed by atoms with Gasteiger partial charge in [0.25, 0.3) is 5.91 Å². The van der Waals surface area contributed by atoms with Gasteiger partial charge < -0.3 is 14.5 Å². The molecule has 1 unspecified atom stereocenters. The lowest BCUT2D eigenvalue weighted by atomic mass is 10.1. The first-order valence-corrected chi connectivity index (χ1v) is 10.6. The molecule has 3 heterocycles. The van der Waals surface area contributed by atoms with Crippen LogP contribution in [0.4, 0.5) is 8.78 Å². The maximum Gasteiger partial charge on any atom is 0.260 e. The van der Waals surface area contributed by atoms with Gasteiger partial charge in [0.05, 0.1) is 11.2 Å². The molecule has 0 saturated carbocycles. The van der Waals surface area contributed by atoms with E-state index in [4.69, 9.17) is 4.74 Å². The summed E-state index contributed by atoms with van der Waals surface area (Å²) < 4.78 is 34.7. The molecule has 2 fully saturated rings. The zero-order valence-electron chi connectivity index (χ0n) is 15.6. The van der Waals surface area contributed by atoms with E-state index in [1.54, 1.807) is 15.8 Å². The van der Waals surface area contributed by atoms with Gasteiger partial charge in [-0.25, -0.2) is 13.8 Å². The van der Waals surface area contributed by atoms with Crippen LogP contribution in [-0.4, -0.2) is 52.9 Å². The van der Waals surface area contributed by atoms with Gasteiger partial charge in [-0.3, -0.25) is 4.79 Å². The van der Waals surface area contributed by atoms with E-state index in [0.717, 1.165) is 44.6 Å². The quantitative estimate of drug-likeness (QED) is 0.733. The Balaban J connectivity index is 1.47. The van der Waals surface area contributed by atoms with Crippen molar-refractivity contribution in [3.05, 3.63) is 45.9 Å². The number of hydrogen-bond acceptors (Lipinski definition) is 5. The van der Waals surface area contributed by atoms with Crippen LogP contribution in [0.3, 0.4) is 0 Å². The molecule has 0 bridgehead atoms. The number of ether oxygens (including phenoxy) is 1. The average molecular weight is 407 g/mol. The Hall–Kier alpha value is -2.06. The van der Waals surface area contributed by atoms with Crippen LogP contribution >= 0.6 is 11.3 Å². The van der Waals surface area contributed by atoms with Gasteiger partial charge in [0, 0.05) is 36.6 Å². The molecule has 0 N–H and O–H groups in total. The maximum absolute atomic E-state index is 14.6. The molecule has 2 aliphatic heterocycles. The van der Waals surface area contributed by atoms with Gasteiger partial charge in [0.15, 0.2) is 0 Å². The zero-order chi connectivity index (χ0) is 19.5. The topological polar surface area (TPSA) is 45.7 Å². The van der Waals surface area contributed by atoms with Gasteiger partial charge in [-0.05, 0) is 38.8 Å². The average Bonchev–Trinajstić information content (AvgIpc) is 3.43. The molecule has 0 radical (unpaired) electrons. The third-order valence-electron chi connectivity index (χ3n) is 5.41. The van der Waals surface area contributed by atoms with E-state index >= 15 is 0 Å². The van der Waals surface area contributed by atoms with Gasteiger partial charge in [0.1, 0.15) is 29.6 Å². The van der Waals surface area contributed by atoms with E-state index in [0.29, 0.717) is 12.2 Å². The molecular weight excluding hydrogens is 384 g/mol. The van der Waals surface area contributed by atoms with Gasteiger partial charge in [-0.15, -0.1) is 11.3 Å². The van der Waals surface area contributed by atoms with Crippen LogP contribution in [0.25, 0.3) is 0 Å². The first kappa shape index (κ1) is 19.3. The molecule has 1 aromatic heterocycles. The molecule has 4 rings (SSSR count). The number of hydrogen-bond donors (Lipinski definition) is 0. The van der Waals surface area contributed by atoms with Crippen molar-refractivity contribution in [3.63, 3.8) is 0 Å². The maximum atomic E-state index is 14.6. The fourth-order valence-electron chi connectivity index (χ4n) is 4.00. The SMILES string of the molecule is O=C(c1c(F)cc(OCc2cscn2)cc1F)N1CCCC1CN1CCCC1. The van der Waals surface area contributed by atoms with Crippen molar-refractivity contribution in [2.45, 2.75) is 38.3 Å². The van der Waals surface area contributed by atoms with E-state index in [2.05, 4.69) is 9.88 Å². The molecule has 1 atom stereocenters. The summed E-state index contributed by atoms with van der Waals surface area (Å²) in [5, 5.41) is 1.80. The van der Waals surface area contributed by atoms with E-state index in [-0.39, 0.29) is 18.4 Å². The summed E-state index contributed by atoms with van der Waals surface area (Å²) in [6.07, 6.45) is 4.08. The Labute approximate surface area is 166 Å². The van der Waals surface area contributed by atoms with Crippen LogP contribution in [0.1, 0.15) is 41.7 Å². The molecule has 150 valence electrons. The molecule has 2 aliphatic rings. The van der Waals surface area contributed by atoms with Gasteiger partial charge in [0.2, 0.25) is 0 Å². The highest BCUT2D eigenvalue weighted by Crippen LogP contribution is 2.27. The molecule has 2 saturated heterocycles. The van der Waals surface area contributed by atoms with Crippen molar-refractivity contribution in [2.24, 2.45) is 0 Å². The van der Waals surface area contributed by atoms with Crippen LogP contribution < -0.4 is 4.74 Å². The fourth-order valence-corrected chi connectivity index (χ4v) is 4.55. The van der Waals surface area contributed by atoms with Crippen LogP contribution in [0.2, 0.25) is 0 Å². The van der Waals surface area contributed by atoms with Gasteiger partial charge >= 0.3 is 0 Å². The Bertz CT molecular complexity index is 802. The molecule has 0 spiro atoms. The minimum Gasteiger partial charge on any atom is -0.487 e. The molecule has 28 heavy (non-hydrogen) atoms. The third-order valence-corrected chi connectivity index (χ3v) is 6.04. The lowest BCUT2D eigenvalue weighted by Gasteiger charge is -2.28. The van der Waals surface area contributed by atoms with Crippen LogP contribution in [0.15, 0.2) is 23.0 Å². The lowest BCUT2D eigenvalue weighted by Crippen LogP contribution is -2.43. The number of halogens is 2. The van der Waals surface area contributed by atoms with E-state index in [1.165, 1.54) is 24.2 Å². The highest BCUT2D eigenvalue weighted by molar-refractivity contribution is 7.07. The van der Waals surface area contributed by atoms with Gasteiger partial charge in [-0.1, -0.05) is 0 Å². The standard InChI is InChI=1S/C20H23F2N3O2S/c21-17-8-16(27-11-14-12-28-13-23-14)9-18(22)19(17)20(26)25-7-3-4-15(25)10-24-5-1-2-6-24/h8-9,12-13,15H,1-7,10-11H2. The second-order valence-corrected chi connectivity index (χ2v) is 8.05. The van der Waals surface area contributed by atoms with Crippen LogP contribution in [-0.2, 0) is 6.61 Å². The number of carbonyl (C=O) groups excluding carboxylic acids is 1. The van der Waals surface area contributed by atoms with Crippen molar-refractivity contribution in [2.75, 3.05) is 26.2 Å². The predicted molar refractivity (Wildman–Crippen MR) is 103 cm³/mol. The highest BCUT2D eigenvalue weighted by Gasteiger charge is 2.34. The van der Waals surface area contributed by atoms with E-state index in [9.17, 15) is 13.6 Å². The number of aromatic nitrogens is 1. The first-order chi connectivity index (χ1) is 13.6. The summed E-state index contributed by atoms with van der Waals surface area (Å²) in [4.78, 5) is 20.9. The highest BCUT2D eigenvalue weighted by atomic mass is 32.1. The summed E-state index contributed by atoms with van der Waals surface area (Å²) >= 11 is 1.42. The second kappa shape index (κ2) is 8.53. The fraction of sp³-hybridized carbons (Fsp3) is 0.500. The summed E-state index contributed by atoms with van der Waals surface area (Å²) in [6, 6.07) is 2.17. The third kappa shape index (κ3) is 4.17.